The van der Waals surface area contributed by atoms with E-state index >= 15 is 0 Å². The van der Waals surface area contributed by atoms with Gasteiger partial charge in [0, 0.05) is 6.54 Å². The third kappa shape index (κ3) is 4.24. The summed E-state index contributed by atoms with van der Waals surface area (Å²) in [7, 11) is 0. The lowest BCUT2D eigenvalue weighted by atomic mass is 10.2. The van der Waals surface area contributed by atoms with Crippen molar-refractivity contribution in [2.75, 3.05) is 6.54 Å². The first-order valence-electron chi connectivity index (χ1n) is 5.98. The molecule has 0 aliphatic rings. The number of carbonyl (C=O) groups excluding carboxylic acids is 3. The minimum absolute atomic E-state index is 0.114. The van der Waals surface area contributed by atoms with Crippen LogP contribution in [0.15, 0.2) is 18.2 Å². The Bertz CT molecular complexity index is 519. The fourth-order valence-corrected chi connectivity index (χ4v) is 1.62. The third-order valence-corrected chi connectivity index (χ3v) is 2.66. The Morgan fingerprint density at radius 1 is 1.45 bits per heavy atom. The van der Waals surface area contributed by atoms with Gasteiger partial charge in [-0.1, -0.05) is 17.7 Å². The monoisotopic (exact) mass is 298 g/mol. The van der Waals surface area contributed by atoms with Crippen LogP contribution in [0, 0.1) is 0 Å². The van der Waals surface area contributed by atoms with Gasteiger partial charge in [-0.05, 0) is 26.0 Å². The number of hydrogen-bond acceptors (Lipinski definition) is 4. The highest BCUT2D eigenvalue weighted by Crippen LogP contribution is 2.28. The quantitative estimate of drug-likeness (QED) is 0.811. The molecule has 0 aliphatic carbocycles. The molecule has 0 bridgehead atoms. The highest BCUT2D eigenvalue weighted by Gasteiger charge is 2.19. The molecule has 0 aliphatic heterocycles. The highest BCUT2D eigenvalue weighted by molar-refractivity contribution is 6.32. The van der Waals surface area contributed by atoms with E-state index in [-0.39, 0.29) is 16.3 Å². The minimum Gasteiger partial charge on any atom is -0.479 e. The van der Waals surface area contributed by atoms with Crippen LogP contribution >= 0.6 is 11.6 Å². The number of amides is 3. The van der Waals surface area contributed by atoms with Crippen LogP contribution in [-0.4, -0.2) is 30.9 Å². The maximum Gasteiger partial charge on any atom is 0.321 e. The van der Waals surface area contributed by atoms with Gasteiger partial charge in [0.2, 0.25) is 0 Å². The molecule has 0 radical (unpaired) electrons. The Balaban J connectivity index is 2.75. The Morgan fingerprint density at radius 2 is 2.15 bits per heavy atom. The predicted molar refractivity (Wildman–Crippen MR) is 74.1 cm³/mol. The summed E-state index contributed by atoms with van der Waals surface area (Å²) in [6.45, 7) is 3.57. The van der Waals surface area contributed by atoms with E-state index in [9.17, 15) is 14.4 Å². The van der Waals surface area contributed by atoms with Crippen LogP contribution in [0.4, 0.5) is 4.79 Å². The number of hydrogen-bond donors (Lipinski definition) is 2. The van der Waals surface area contributed by atoms with Gasteiger partial charge in [0.05, 0.1) is 10.6 Å². The molecule has 0 saturated carbocycles. The molecule has 1 aromatic rings. The molecule has 7 heteroatoms. The molecular formula is C13H15ClN2O4. The second-order valence-corrected chi connectivity index (χ2v) is 4.29. The summed E-state index contributed by atoms with van der Waals surface area (Å²) in [5.74, 6) is -0.518. The zero-order chi connectivity index (χ0) is 15.1. The second-order valence-electron chi connectivity index (χ2n) is 3.88. The molecule has 0 spiro atoms. The number of rotatable bonds is 5. The molecule has 0 fully saturated rings. The number of carbonyl (C=O) groups is 3. The molecule has 3 amide bonds. The molecule has 2 N–H and O–H groups in total. The van der Waals surface area contributed by atoms with Gasteiger partial charge in [0.15, 0.2) is 12.4 Å². The number of urea groups is 1. The Morgan fingerprint density at radius 3 is 2.75 bits per heavy atom. The van der Waals surface area contributed by atoms with E-state index in [0.29, 0.717) is 12.8 Å². The lowest BCUT2D eigenvalue weighted by Gasteiger charge is -2.16. The fraction of sp³-hybridized carbons (Fsp3) is 0.308. The Labute approximate surface area is 121 Å². The van der Waals surface area contributed by atoms with Crippen LogP contribution in [0.1, 0.15) is 24.2 Å². The van der Waals surface area contributed by atoms with Gasteiger partial charge < -0.3 is 10.1 Å². The van der Waals surface area contributed by atoms with Gasteiger partial charge in [-0.25, -0.2) is 4.79 Å². The van der Waals surface area contributed by atoms with E-state index < -0.39 is 18.0 Å². The van der Waals surface area contributed by atoms with Crippen molar-refractivity contribution < 1.29 is 19.1 Å². The molecule has 0 saturated heterocycles. The number of halogens is 1. The largest absolute Gasteiger partial charge is 0.479 e. The first-order chi connectivity index (χ1) is 9.49. The number of para-hydroxylation sites is 1. The van der Waals surface area contributed by atoms with Gasteiger partial charge in [0.25, 0.3) is 5.91 Å². The summed E-state index contributed by atoms with van der Waals surface area (Å²) in [6, 6.07) is 4.04. The van der Waals surface area contributed by atoms with Crippen molar-refractivity contribution in [3.63, 3.8) is 0 Å². The van der Waals surface area contributed by atoms with Crippen molar-refractivity contribution in [1.29, 1.82) is 0 Å². The average molecular weight is 299 g/mol. The Kier molecular flexibility index (Phi) is 5.99. The molecule has 0 heterocycles. The van der Waals surface area contributed by atoms with Crippen LogP contribution in [-0.2, 0) is 4.79 Å². The molecule has 1 atom stereocenters. The summed E-state index contributed by atoms with van der Waals surface area (Å²) >= 11 is 5.92. The van der Waals surface area contributed by atoms with E-state index in [1.165, 1.54) is 19.1 Å². The number of ether oxygens (including phenoxy) is 1. The maximum absolute atomic E-state index is 11.7. The van der Waals surface area contributed by atoms with Crippen LogP contribution < -0.4 is 15.4 Å². The summed E-state index contributed by atoms with van der Waals surface area (Å²) in [6.07, 6.45) is -0.397. The predicted octanol–water partition coefficient (Wildman–Crippen LogP) is 1.77. The molecule has 1 aromatic carbocycles. The molecule has 6 nitrogen and oxygen atoms in total. The van der Waals surface area contributed by atoms with E-state index in [1.807, 2.05) is 0 Å². The van der Waals surface area contributed by atoms with Crippen LogP contribution in [0.25, 0.3) is 0 Å². The van der Waals surface area contributed by atoms with Crippen LogP contribution in [0.3, 0.4) is 0 Å². The molecule has 1 unspecified atom stereocenters. The SMILES string of the molecule is CCNC(=O)NC(=O)C(C)Oc1c(Cl)cccc1C=O. The first-order valence-corrected chi connectivity index (χ1v) is 6.36. The zero-order valence-corrected chi connectivity index (χ0v) is 11.9. The third-order valence-electron chi connectivity index (χ3n) is 2.36. The fourth-order valence-electron chi connectivity index (χ4n) is 1.39. The molecule has 1 rings (SSSR count). The van der Waals surface area contributed by atoms with Gasteiger partial charge >= 0.3 is 6.03 Å². The average Bonchev–Trinajstić information content (AvgIpc) is 2.41. The number of aldehydes is 1. The maximum atomic E-state index is 11.7. The summed E-state index contributed by atoms with van der Waals surface area (Å²) < 4.78 is 5.35. The van der Waals surface area contributed by atoms with Gasteiger partial charge in [-0.3, -0.25) is 14.9 Å². The van der Waals surface area contributed by atoms with Crippen LogP contribution in [0.5, 0.6) is 5.75 Å². The highest BCUT2D eigenvalue weighted by atomic mass is 35.5. The van der Waals surface area contributed by atoms with E-state index in [4.69, 9.17) is 16.3 Å². The molecule has 108 valence electrons. The first kappa shape index (κ1) is 16.0. The van der Waals surface area contributed by atoms with Crippen molar-refractivity contribution in [3.05, 3.63) is 28.8 Å². The molecule has 20 heavy (non-hydrogen) atoms. The van der Waals surface area contributed by atoms with E-state index in [1.54, 1.807) is 13.0 Å². The van der Waals surface area contributed by atoms with Crippen molar-refractivity contribution in [2.45, 2.75) is 20.0 Å². The van der Waals surface area contributed by atoms with Gasteiger partial charge in [0.1, 0.15) is 5.75 Å². The van der Waals surface area contributed by atoms with Gasteiger partial charge in [-0.15, -0.1) is 0 Å². The molecular weight excluding hydrogens is 284 g/mol. The van der Waals surface area contributed by atoms with E-state index in [0.717, 1.165) is 0 Å². The van der Waals surface area contributed by atoms with Crippen molar-refractivity contribution in [1.82, 2.24) is 10.6 Å². The zero-order valence-electron chi connectivity index (χ0n) is 11.1. The topological polar surface area (TPSA) is 84.5 Å². The normalized spacial score (nSPS) is 11.3. The number of benzene rings is 1. The number of nitrogens with one attached hydrogen (secondary N) is 2. The second kappa shape index (κ2) is 7.49. The lowest BCUT2D eigenvalue weighted by molar-refractivity contribution is -0.126. The summed E-state index contributed by atoms with van der Waals surface area (Å²) in [5.41, 5.74) is 0.232. The minimum atomic E-state index is -0.976. The van der Waals surface area contributed by atoms with Crippen molar-refractivity contribution in [2.24, 2.45) is 0 Å². The lowest BCUT2D eigenvalue weighted by Crippen LogP contribution is -2.45. The van der Waals surface area contributed by atoms with Gasteiger partial charge in [-0.2, -0.15) is 0 Å². The molecule has 0 aromatic heterocycles. The van der Waals surface area contributed by atoms with Crippen molar-refractivity contribution >= 4 is 29.8 Å². The van der Waals surface area contributed by atoms with Crippen molar-refractivity contribution in [3.8, 4) is 5.75 Å². The van der Waals surface area contributed by atoms with Crippen LogP contribution in [0.2, 0.25) is 5.02 Å². The summed E-state index contributed by atoms with van der Waals surface area (Å²) in [5, 5.41) is 4.75. The standard InChI is InChI=1S/C13H15ClN2O4/c1-3-15-13(19)16-12(18)8(2)20-11-9(7-17)5-4-6-10(11)14/h4-8H,3H2,1-2H3,(H2,15,16,18,19). The van der Waals surface area contributed by atoms with E-state index in [2.05, 4.69) is 10.6 Å². The summed E-state index contributed by atoms with van der Waals surface area (Å²) in [4.78, 5) is 33.8. The Hall–Kier alpha value is -2.08. The smallest absolute Gasteiger partial charge is 0.321 e. The number of imide groups is 1.